The van der Waals surface area contributed by atoms with Crippen molar-refractivity contribution in [1.82, 2.24) is 4.90 Å². The zero-order valence-electron chi connectivity index (χ0n) is 18.2. The number of sulfone groups is 1. The summed E-state index contributed by atoms with van der Waals surface area (Å²) >= 11 is 0. The van der Waals surface area contributed by atoms with Crippen molar-refractivity contribution in [2.75, 3.05) is 30.1 Å². The lowest BCUT2D eigenvalue weighted by Gasteiger charge is -2.37. The van der Waals surface area contributed by atoms with Crippen molar-refractivity contribution in [3.8, 4) is 5.75 Å². The van der Waals surface area contributed by atoms with Gasteiger partial charge in [0.1, 0.15) is 5.75 Å². The molecule has 0 aliphatic carbocycles. The standard InChI is InChI=1S/C24H30N2O4S/c1-18-7-10-20-5-3-4-6-23(20)26(18)24(27)16-25(21-13-14-31(28,29)17-21)15-19-8-11-22(30-2)12-9-19/h3-6,8-9,11-12,18,21H,7,10,13-17H2,1-2H3. The van der Waals surface area contributed by atoms with Gasteiger partial charge in [-0.05, 0) is 55.5 Å². The number of ether oxygens (including phenoxy) is 1. The highest BCUT2D eigenvalue weighted by atomic mass is 32.2. The number of methoxy groups -OCH3 is 1. The van der Waals surface area contributed by atoms with Crippen LogP contribution in [0.25, 0.3) is 0 Å². The van der Waals surface area contributed by atoms with E-state index in [0.717, 1.165) is 29.8 Å². The Bertz CT molecular complexity index is 1040. The van der Waals surface area contributed by atoms with E-state index in [4.69, 9.17) is 4.74 Å². The Labute approximate surface area is 184 Å². The highest BCUT2D eigenvalue weighted by molar-refractivity contribution is 7.91. The van der Waals surface area contributed by atoms with Gasteiger partial charge in [-0.3, -0.25) is 9.69 Å². The van der Waals surface area contributed by atoms with E-state index >= 15 is 0 Å². The Hall–Kier alpha value is -2.38. The molecule has 1 saturated heterocycles. The summed E-state index contributed by atoms with van der Waals surface area (Å²) < 4.78 is 29.5. The number of rotatable bonds is 6. The first-order valence-electron chi connectivity index (χ1n) is 10.8. The molecule has 6 nitrogen and oxygen atoms in total. The molecule has 1 fully saturated rings. The van der Waals surface area contributed by atoms with Gasteiger partial charge in [0.15, 0.2) is 9.84 Å². The molecule has 1 amide bonds. The number of aryl methyl sites for hydroxylation is 1. The van der Waals surface area contributed by atoms with Crippen LogP contribution in [0.15, 0.2) is 48.5 Å². The summed E-state index contributed by atoms with van der Waals surface area (Å²) in [6.45, 7) is 2.81. The number of carbonyl (C=O) groups excluding carboxylic acids is 1. The summed E-state index contributed by atoms with van der Waals surface area (Å²) in [5, 5.41) is 0. The lowest BCUT2D eigenvalue weighted by atomic mass is 9.96. The van der Waals surface area contributed by atoms with Crippen molar-refractivity contribution in [2.24, 2.45) is 0 Å². The monoisotopic (exact) mass is 442 g/mol. The summed E-state index contributed by atoms with van der Waals surface area (Å²) in [5.41, 5.74) is 3.21. The Balaban J connectivity index is 1.57. The molecule has 2 unspecified atom stereocenters. The number of para-hydroxylation sites is 1. The van der Waals surface area contributed by atoms with E-state index in [-0.39, 0.29) is 36.0 Å². The third-order valence-electron chi connectivity index (χ3n) is 6.40. The Morgan fingerprint density at radius 1 is 1.13 bits per heavy atom. The minimum Gasteiger partial charge on any atom is -0.497 e. The van der Waals surface area contributed by atoms with Gasteiger partial charge in [-0.1, -0.05) is 30.3 Å². The second kappa shape index (κ2) is 9.01. The normalized spacial score (nSPS) is 22.4. The van der Waals surface area contributed by atoms with E-state index in [1.165, 1.54) is 5.56 Å². The summed E-state index contributed by atoms with van der Waals surface area (Å²) in [4.78, 5) is 17.5. The summed E-state index contributed by atoms with van der Waals surface area (Å²) in [6.07, 6.45) is 2.47. The third-order valence-corrected chi connectivity index (χ3v) is 8.15. The van der Waals surface area contributed by atoms with E-state index in [9.17, 15) is 13.2 Å². The van der Waals surface area contributed by atoms with Gasteiger partial charge >= 0.3 is 0 Å². The highest BCUT2D eigenvalue weighted by Crippen LogP contribution is 2.31. The average molecular weight is 443 g/mol. The molecule has 2 aromatic carbocycles. The predicted molar refractivity (Wildman–Crippen MR) is 122 cm³/mol. The van der Waals surface area contributed by atoms with Gasteiger partial charge in [0.05, 0.1) is 25.2 Å². The molecule has 4 rings (SSSR count). The molecule has 7 heteroatoms. The quantitative estimate of drug-likeness (QED) is 0.688. The molecule has 0 N–H and O–H groups in total. The van der Waals surface area contributed by atoms with Crippen LogP contribution in [-0.2, 0) is 27.6 Å². The first-order valence-corrected chi connectivity index (χ1v) is 12.7. The molecule has 0 radical (unpaired) electrons. The van der Waals surface area contributed by atoms with Crippen molar-refractivity contribution < 1.29 is 17.9 Å². The second-order valence-corrected chi connectivity index (χ2v) is 10.8. The molecule has 2 aliphatic heterocycles. The topological polar surface area (TPSA) is 66.9 Å². The minimum absolute atomic E-state index is 0.0254. The van der Waals surface area contributed by atoms with Gasteiger partial charge in [0.2, 0.25) is 5.91 Å². The molecule has 2 aromatic rings. The van der Waals surface area contributed by atoms with Gasteiger partial charge < -0.3 is 9.64 Å². The van der Waals surface area contributed by atoms with Gasteiger partial charge in [-0.25, -0.2) is 8.42 Å². The van der Waals surface area contributed by atoms with Crippen LogP contribution in [0.2, 0.25) is 0 Å². The van der Waals surface area contributed by atoms with E-state index in [2.05, 4.69) is 13.0 Å². The van der Waals surface area contributed by atoms with E-state index < -0.39 is 9.84 Å². The van der Waals surface area contributed by atoms with Crippen molar-refractivity contribution in [1.29, 1.82) is 0 Å². The van der Waals surface area contributed by atoms with Crippen LogP contribution in [0.5, 0.6) is 5.75 Å². The molecule has 2 atom stereocenters. The highest BCUT2D eigenvalue weighted by Gasteiger charge is 2.35. The summed E-state index contributed by atoms with van der Waals surface area (Å²) in [6, 6.07) is 15.8. The van der Waals surface area contributed by atoms with E-state index in [1.807, 2.05) is 52.3 Å². The molecule has 2 heterocycles. The third kappa shape index (κ3) is 4.93. The van der Waals surface area contributed by atoms with Crippen LogP contribution in [0.3, 0.4) is 0 Å². The molecule has 2 aliphatic rings. The fourth-order valence-corrected chi connectivity index (χ4v) is 6.42. The van der Waals surface area contributed by atoms with Crippen LogP contribution in [0.4, 0.5) is 5.69 Å². The minimum atomic E-state index is -3.05. The van der Waals surface area contributed by atoms with Gasteiger partial charge in [0.25, 0.3) is 0 Å². The predicted octanol–water partition coefficient (Wildman–Crippen LogP) is 3.05. The fraction of sp³-hybridized carbons (Fsp3) is 0.458. The van der Waals surface area contributed by atoms with Crippen LogP contribution < -0.4 is 9.64 Å². The van der Waals surface area contributed by atoms with Crippen molar-refractivity contribution in [3.05, 3.63) is 59.7 Å². The number of amides is 1. The summed E-state index contributed by atoms with van der Waals surface area (Å²) in [5.74, 6) is 1.10. The zero-order chi connectivity index (χ0) is 22.0. The Morgan fingerprint density at radius 3 is 2.55 bits per heavy atom. The van der Waals surface area contributed by atoms with E-state index in [0.29, 0.717) is 13.0 Å². The maximum Gasteiger partial charge on any atom is 0.241 e. The van der Waals surface area contributed by atoms with E-state index in [1.54, 1.807) is 7.11 Å². The molecule has 31 heavy (non-hydrogen) atoms. The number of nitrogens with zero attached hydrogens (tertiary/aromatic N) is 2. The fourth-order valence-electron chi connectivity index (χ4n) is 4.66. The van der Waals surface area contributed by atoms with Gasteiger partial charge in [-0.15, -0.1) is 0 Å². The van der Waals surface area contributed by atoms with Crippen molar-refractivity contribution >= 4 is 21.4 Å². The molecule has 0 saturated carbocycles. The second-order valence-electron chi connectivity index (χ2n) is 8.59. The molecule has 0 spiro atoms. The smallest absolute Gasteiger partial charge is 0.241 e. The summed E-state index contributed by atoms with van der Waals surface area (Å²) in [7, 11) is -1.42. The van der Waals surface area contributed by atoms with Crippen molar-refractivity contribution in [3.63, 3.8) is 0 Å². The Kier molecular flexibility index (Phi) is 6.34. The van der Waals surface area contributed by atoms with Crippen LogP contribution >= 0.6 is 0 Å². The first-order chi connectivity index (χ1) is 14.9. The molecule has 0 aromatic heterocycles. The number of fused-ring (bicyclic) bond motifs is 1. The first kappa shape index (κ1) is 21.8. The maximum atomic E-state index is 13.5. The number of anilines is 1. The SMILES string of the molecule is COc1ccc(CN(CC(=O)N2c3ccccc3CCC2C)C2CCS(=O)(=O)C2)cc1. The van der Waals surface area contributed by atoms with Crippen LogP contribution in [0, 0.1) is 0 Å². The van der Waals surface area contributed by atoms with Gasteiger partial charge in [0, 0.05) is 24.3 Å². The number of hydrogen-bond acceptors (Lipinski definition) is 5. The molecule has 166 valence electrons. The molecule has 0 bridgehead atoms. The lowest BCUT2D eigenvalue weighted by Crippen LogP contribution is -2.49. The molecular weight excluding hydrogens is 412 g/mol. The maximum absolute atomic E-state index is 13.5. The number of hydrogen-bond donors (Lipinski definition) is 0. The van der Waals surface area contributed by atoms with Gasteiger partial charge in [-0.2, -0.15) is 0 Å². The number of benzene rings is 2. The largest absolute Gasteiger partial charge is 0.497 e. The van der Waals surface area contributed by atoms with Crippen molar-refractivity contribution in [2.45, 2.75) is 44.8 Å². The Morgan fingerprint density at radius 2 is 1.87 bits per heavy atom. The number of carbonyl (C=O) groups is 1. The van der Waals surface area contributed by atoms with Crippen LogP contribution in [0.1, 0.15) is 30.9 Å². The molecular formula is C24H30N2O4S. The van der Waals surface area contributed by atoms with Crippen LogP contribution in [-0.4, -0.2) is 56.5 Å². The zero-order valence-corrected chi connectivity index (χ0v) is 19.0. The average Bonchev–Trinajstić information content (AvgIpc) is 3.13. The lowest BCUT2D eigenvalue weighted by molar-refractivity contribution is -0.120.